The monoisotopic (exact) mass is 335 g/mol. The Hall–Kier alpha value is -2.27. The Bertz CT molecular complexity index is 708. The first-order valence-corrected chi connectivity index (χ1v) is 7.55. The molecule has 1 amide bonds. The van der Waals surface area contributed by atoms with Crippen molar-refractivity contribution in [3.05, 3.63) is 47.2 Å². The van der Waals surface area contributed by atoms with Crippen LogP contribution in [-0.2, 0) is 9.53 Å². The molecule has 23 heavy (non-hydrogen) atoms. The van der Waals surface area contributed by atoms with Gasteiger partial charge in [-0.2, -0.15) is 0 Å². The molecule has 5 nitrogen and oxygen atoms in total. The smallest absolute Gasteiger partial charge is 0.328 e. The van der Waals surface area contributed by atoms with Gasteiger partial charge in [-0.05, 0) is 30.2 Å². The number of esters is 1. The summed E-state index contributed by atoms with van der Waals surface area (Å²) in [5.74, 6) is -0.488. The second-order valence-corrected chi connectivity index (χ2v) is 5.77. The van der Waals surface area contributed by atoms with E-state index in [2.05, 4.69) is 5.32 Å². The number of hydrogen-bond donors (Lipinski definition) is 1. The van der Waals surface area contributed by atoms with Crippen LogP contribution in [0.1, 0.15) is 24.4 Å². The van der Waals surface area contributed by atoms with E-state index in [-0.39, 0.29) is 11.7 Å². The lowest BCUT2D eigenvalue weighted by molar-refractivity contribution is -0.144. The molecule has 0 radical (unpaired) electrons. The summed E-state index contributed by atoms with van der Waals surface area (Å²) in [7, 11) is 1.28. The van der Waals surface area contributed by atoms with E-state index in [0.29, 0.717) is 16.3 Å². The van der Waals surface area contributed by atoms with Crippen molar-refractivity contribution in [3.8, 4) is 11.3 Å². The van der Waals surface area contributed by atoms with Gasteiger partial charge in [-0.15, -0.1) is 0 Å². The van der Waals surface area contributed by atoms with Gasteiger partial charge < -0.3 is 14.5 Å². The Morgan fingerprint density at radius 1 is 1.17 bits per heavy atom. The highest BCUT2D eigenvalue weighted by Crippen LogP contribution is 2.29. The summed E-state index contributed by atoms with van der Waals surface area (Å²) in [6, 6.07) is 9.66. The fourth-order valence-electron chi connectivity index (χ4n) is 2.10. The van der Waals surface area contributed by atoms with Gasteiger partial charge in [-0.1, -0.05) is 37.6 Å². The largest absolute Gasteiger partial charge is 0.467 e. The SMILES string of the molecule is COC(=O)C(NC(=O)c1ccc(-c2ccccc2Cl)o1)C(C)C. The van der Waals surface area contributed by atoms with E-state index in [0.717, 1.165) is 0 Å². The zero-order valence-corrected chi connectivity index (χ0v) is 13.9. The van der Waals surface area contributed by atoms with E-state index >= 15 is 0 Å². The molecule has 1 atom stereocenters. The quantitative estimate of drug-likeness (QED) is 0.849. The maximum absolute atomic E-state index is 12.3. The average Bonchev–Trinajstić information content (AvgIpc) is 3.01. The second kappa shape index (κ2) is 7.33. The molecular weight excluding hydrogens is 318 g/mol. The van der Waals surface area contributed by atoms with E-state index in [1.165, 1.54) is 7.11 Å². The van der Waals surface area contributed by atoms with Crippen molar-refractivity contribution in [2.45, 2.75) is 19.9 Å². The predicted molar refractivity (Wildman–Crippen MR) is 87.3 cm³/mol. The number of furan rings is 1. The van der Waals surface area contributed by atoms with Gasteiger partial charge >= 0.3 is 5.97 Å². The number of carbonyl (C=O) groups is 2. The van der Waals surface area contributed by atoms with Crippen LogP contribution in [0.15, 0.2) is 40.8 Å². The van der Waals surface area contributed by atoms with E-state index in [1.807, 2.05) is 26.0 Å². The topological polar surface area (TPSA) is 68.5 Å². The first-order chi connectivity index (χ1) is 10.9. The number of benzene rings is 1. The minimum Gasteiger partial charge on any atom is -0.467 e. The molecule has 1 aromatic heterocycles. The van der Waals surface area contributed by atoms with E-state index in [1.54, 1.807) is 24.3 Å². The fraction of sp³-hybridized carbons (Fsp3) is 0.294. The van der Waals surface area contributed by atoms with Crippen LogP contribution < -0.4 is 5.32 Å². The van der Waals surface area contributed by atoms with Crippen molar-refractivity contribution >= 4 is 23.5 Å². The number of carbonyl (C=O) groups excluding carboxylic acids is 2. The highest BCUT2D eigenvalue weighted by molar-refractivity contribution is 6.33. The van der Waals surface area contributed by atoms with Gasteiger partial charge in [0, 0.05) is 5.56 Å². The second-order valence-electron chi connectivity index (χ2n) is 5.36. The number of halogens is 1. The fourth-order valence-corrected chi connectivity index (χ4v) is 2.33. The zero-order chi connectivity index (χ0) is 17.0. The molecule has 2 rings (SSSR count). The summed E-state index contributed by atoms with van der Waals surface area (Å²) >= 11 is 6.11. The Morgan fingerprint density at radius 3 is 2.48 bits per heavy atom. The third-order valence-corrected chi connectivity index (χ3v) is 3.71. The minimum absolute atomic E-state index is 0.106. The lowest BCUT2D eigenvalue weighted by Crippen LogP contribution is -2.44. The summed E-state index contributed by atoms with van der Waals surface area (Å²) in [5, 5.41) is 3.15. The van der Waals surface area contributed by atoms with Crippen molar-refractivity contribution < 1.29 is 18.7 Å². The van der Waals surface area contributed by atoms with Crippen LogP contribution in [0.2, 0.25) is 5.02 Å². The molecule has 0 saturated carbocycles. The molecule has 1 aromatic carbocycles. The van der Waals surface area contributed by atoms with Gasteiger partial charge in [-0.25, -0.2) is 4.79 Å². The standard InChI is InChI=1S/C17H18ClNO4/c1-10(2)15(17(21)22-3)19-16(20)14-9-8-13(23-14)11-6-4-5-7-12(11)18/h4-10,15H,1-3H3,(H,19,20). The van der Waals surface area contributed by atoms with Crippen LogP contribution in [0.25, 0.3) is 11.3 Å². The number of methoxy groups -OCH3 is 1. The van der Waals surface area contributed by atoms with Crippen molar-refractivity contribution in [1.29, 1.82) is 0 Å². The van der Waals surface area contributed by atoms with Crippen molar-refractivity contribution in [3.63, 3.8) is 0 Å². The average molecular weight is 336 g/mol. The maximum Gasteiger partial charge on any atom is 0.328 e. The first kappa shape index (κ1) is 17.1. The van der Waals surface area contributed by atoms with Crippen LogP contribution in [0.4, 0.5) is 0 Å². The molecule has 0 bridgehead atoms. The summed E-state index contributed by atoms with van der Waals surface area (Å²) in [4.78, 5) is 24.0. The van der Waals surface area contributed by atoms with Crippen LogP contribution in [0, 0.1) is 5.92 Å². The molecule has 6 heteroatoms. The minimum atomic E-state index is -0.735. The molecule has 0 fully saturated rings. The number of rotatable bonds is 5. The maximum atomic E-state index is 12.3. The first-order valence-electron chi connectivity index (χ1n) is 7.17. The van der Waals surface area contributed by atoms with Crippen LogP contribution in [-0.4, -0.2) is 25.0 Å². The number of nitrogens with one attached hydrogen (secondary N) is 1. The zero-order valence-electron chi connectivity index (χ0n) is 13.1. The van der Waals surface area contributed by atoms with Gasteiger partial charge in [-0.3, -0.25) is 4.79 Å². The number of amides is 1. The molecule has 0 aliphatic rings. The van der Waals surface area contributed by atoms with Crippen LogP contribution in [0.3, 0.4) is 0 Å². The van der Waals surface area contributed by atoms with Crippen molar-refractivity contribution in [2.75, 3.05) is 7.11 Å². The molecule has 0 aliphatic heterocycles. The normalized spacial score (nSPS) is 12.0. The molecule has 0 aliphatic carbocycles. The summed E-state index contributed by atoms with van der Waals surface area (Å²) in [6.45, 7) is 3.64. The van der Waals surface area contributed by atoms with Gasteiger partial charge in [0.05, 0.1) is 12.1 Å². The number of hydrogen-bond acceptors (Lipinski definition) is 4. The van der Waals surface area contributed by atoms with Crippen LogP contribution in [0.5, 0.6) is 0 Å². The molecule has 0 spiro atoms. The summed E-state index contributed by atoms with van der Waals surface area (Å²) in [6.07, 6.45) is 0. The van der Waals surface area contributed by atoms with E-state index < -0.39 is 17.9 Å². The van der Waals surface area contributed by atoms with Gasteiger partial charge in [0.25, 0.3) is 5.91 Å². The summed E-state index contributed by atoms with van der Waals surface area (Å²) < 4.78 is 10.3. The molecule has 1 unspecified atom stereocenters. The van der Waals surface area contributed by atoms with Gasteiger partial charge in [0.15, 0.2) is 5.76 Å². The van der Waals surface area contributed by atoms with Crippen LogP contribution >= 0.6 is 11.6 Å². The Labute approximate surface area is 139 Å². The molecule has 1 N–H and O–H groups in total. The van der Waals surface area contributed by atoms with Gasteiger partial charge in [0.1, 0.15) is 11.8 Å². The summed E-state index contributed by atoms with van der Waals surface area (Å²) in [5.41, 5.74) is 0.696. The lowest BCUT2D eigenvalue weighted by Gasteiger charge is -2.18. The molecule has 2 aromatic rings. The molecule has 1 heterocycles. The highest BCUT2D eigenvalue weighted by atomic mass is 35.5. The third-order valence-electron chi connectivity index (χ3n) is 3.38. The van der Waals surface area contributed by atoms with E-state index in [4.69, 9.17) is 20.8 Å². The molecular formula is C17H18ClNO4. The predicted octanol–water partition coefficient (Wildman–Crippen LogP) is 3.53. The highest BCUT2D eigenvalue weighted by Gasteiger charge is 2.26. The van der Waals surface area contributed by atoms with Gasteiger partial charge in [0.2, 0.25) is 0 Å². The Morgan fingerprint density at radius 2 is 1.87 bits per heavy atom. The van der Waals surface area contributed by atoms with Crippen molar-refractivity contribution in [1.82, 2.24) is 5.32 Å². The van der Waals surface area contributed by atoms with Crippen molar-refractivity contribution in [2.24, 2.45) is 5.92 Å². The number of ether oxygens (including phenoxy) is 1. The Balaban J connectivity index is 2.18. The Kier molecular flexibility index (Phi) is 5.45. The third kappa shape index (κ3) is 3.93. The molecule has 0 saturated heterocycles. The molecule has 122 valence electrons. The lowest BCUT2D eigenvalue weighted by atomic mass is 10.0. The van der Waals surface area contributed by atoms with E-state index in [9.17, 15) is 9.59 Å².